The molecule has 0 saturated heterocycles. The Morgan fingerprint density at radius 1 is 1.43 bits per heavy atom. The first kappa shape index (κ1) is 10.7. The maximum absolute atomic E-state index is 12.9. The van der Waals surface area contributed by atoms with E-state index in [1.165, 1.54) is 0 Å². The molecule has 0 heterocycles. The van der Waals surface area contributed by atoms with Gasteiger partial charge in [0.1, 0.15) is 5.82 Å². The molecule has 0 fully saturated rings. The number of aliphatic carboxylic acids is 1. The van der Waals surface area contributed by atoms with Crippen molar-refractivity contribution in [1.29, 1.82) is 0 Å². The summed E-state index contributed by atoms with van der Waals surface area (Å²) in [5.41, 5.74) is 0. The highest BCUT2D eigenvalue weighted by Gasteiger charge is 2.10. The van der Waals surface area contributed by atoms with Crippen molar-refractivity contribution in [1.82, 2.24) is 0 Å². The number of halogens is 3. The van der Waals surface area contributed by atoms with Crippen LogP contribution in [-0.4, -0.2) is 17.7 Å². The summed E-state index contributed by atoms with van der Waals surface area (Å²) in [6.07, 6.45) is 0. The fourth-order valence-electron chi connectivity index (χ4n) is 0.754. The molecule has 1 aromatic carbocycles. The van der Waals surface area contributed by atoms with E-state index in [2.05, 4.69) is 4.74 Å². The van der Waals surface area contributed by atoms with E-state index in [9.17, 15) is 13.6 Å². The number of rotatable bonds is 3. The summed E-state index contributed by atoms with van der Waals surface area (Å²) < 4.78 is 30.1. The van der Waals surface area contributed by atoms with Crippen molar-refractivity contribution in [2.45, 2.75) is 0 Å². The first-order valence-electron chi connectivity index (χ1n) is 3.50. The van der Waals surface area contributed by atoms with Crippen LogP contribution in [-0.2, 0) is 4.79 Å². The average Bonchev–Trinajstić information content (AvgIpc) is 2.09. The SMILES string of the molecule is O=C(O)COc1cc(F)c(Cl)cc1F. The van der Waals surface area contributed by atoms with Crippen LogP contribution in [0.4, 0.5) is 8.78 Å². The lowest BCUT2D eigenvalue weighted by molar-refractivity contribution is -0.139. The van der Waals surface area contributed by atoms with E-state index in [0.717, 1.165) is 0 Å². The van der Waals surface area contributed by atoms with Gasteiger partial charge in [-0.1, -0.05) is 11.6 Å². The van der Waals surface area contributed by atoms with Gasteiger partial charge in [-0.05, 0) is 6.07 Å². The number of benzene rings is 1. The summed E-state index contributed by atoms with van der Waals surface area (Å²) in [7, 11) is 0. The van der Waals surface area contributed by atoms with E-state index < -0.39 is 30.0 Å². The second-order valence-electron chi connectivity index (χ2n) is 2.38. The molecule has 0 saturated carbocycles. The molecule has 0 aliphatic heterocycles. The molecule has 0 radical (unpaired) electrons. The van der Waals surface area contributed by atoms with E-state index in [4.69, 9.17) is 16.7 Å². The van der Waals surface area contributed by atoms with Crippen LogP contribution >= 0.6 is 11.6 Å². The molecule has 3 nitrogen and oxygen atoms in total. The number of carboxylic acid groups (broad SMARTS) is 1. The summed E-state index contributed by atoms with van der Waals surface area (Å²) in [5, 5.41) is 7.84. The molecule has 0 amide bonds. The van der Waals surface area contributed by atoms with E-state index in [0.29, 0.717) is 12.1 Å². The predicted molar refractivity (Wildman–Crippen MR) is 44.5 cm³/mol. The number of carboxylic acids is 1. The molecule has 1 aromatic rings. The fraction of sp³-hybridized carbons (Fsp3) is 0.125. The van der Waals surface area contributed by atoms with Gasteiger partial charge in [-0.3, -0.25) is 0 Å². The minimum atomic E-state index is -1.28. The zero-order valence-electron chi connectivity index (χ0n) is 6.76. The highest BCUT2D eigenvalue weighted by atomic mass is 35.5. The van der Waals surface area contributed by atoms with Gasteiger partial charge in [0.15, 0.2) is 18.2 Å². The van der Waals surface area contributed by atoms with Crippen molar-refractivity contribution >= 4 is 17.6 Å². The van der Waals surface area contributed by atoms with Gasteiger partial charge in [0.2, 0.25) is 0 Å². The van der Waals surface area contributed by atoms with E-state index in [1.54, 1.807) is 0 Å². The third-order valence-corrected chi connectivity index (χ3v) is 1.62. The van der Waals surface area contributed by atoms with Crippen molar-refractivity contribution < 1.29 is 23.4 Å². The van der Waals surface area contributed by atoms with Gasteiger partial charge >= 0.3 is 5.97 Å². The third kappa shape index (κ3) is 2.56. The molecule has 1 N–H and O–H groups in total. The Hall–Kier alpha value is -1.36. The number of hydrogen-bond donors (Lipinski definition) is 1. The third-order valence-electron chi connectivity index (χ3n) is 1.33. The largest absolute Gasteiger partial charge is 0.479 e. The summed E-state index contributed by atoms with van der Waals surface area (Å²) in [4.78, 5) is 10.1. The van der Waals surface area contributed by atoms with Gasteiger partial charge in [-0.15, -0.1) is 0 Å². The minimum absolute atomic E-state index is 0.384. The molecular weight excluding hydrogens is 218 g/mol. The van der Waals surface area contributed by atoms with Gasteiger partial charge in [-0.2, -0.15) is 0 Å². The zero-order valence-corrected chi connectivity index (χ0v) is 7.52. The van der Waals surface area contributed by atoms with E-state index in [1.807, 2.05) is 0 Å². The second-order valence-corrected chi connectivity index (χ2v) is 2.79. The number of ether oxygens (including phenoxy) is 1. The fourth-order valence-corrected chi connectivity index (χ4v) is 0.905. The Labute approximate surface area is 82.9 Å². The first-order valence-corrected chi connectivity index (χ1v) is 3.87. The van der Waals surface area contributed by atoms with Crippen LogP contribution < -0.4 is 4.74 Å². The van der Waals surface area contributed by atoms with Crippen molar-refractivity contribution in [3.8, 4) is 5.75 Å². The average molecular weight is 223 g/mol. The van der Waals surface area contributed by atoms with Crippen LogP contribution in [0.15, 0.2) is 12.1 Å². The van der Waals surface area contributed by atoms with Crippen LogP contribution in [0.1, 0.15) is 0 Å². The second kappa shape index (κ2) is 4.23. The van der Waals surface area contributed by atoms with Gasteiger partial charge < -0.3 is 9.84 Å². The molecular formula is C8H5ClF2O3. The van der Waals surface area contributed by atoms with Crippen LogP contribution in [0.3, 0.4) is 0 Å². The van der Waals surface area contributed by atoms with Crippen molar-refractivity contribution in [2.24, 2.45) is 0 Å². The molecule has 76 valence electrons. The normalized spacial score (nSPS) is 9.93. The van der Waals surface area contributed by atoms with Gasteiger partial charge in [0, 0.05) is 6.07 Å². The predicted octanol–water partition coefficient (Wildman–Crippen LogP) is 2.08. The Morgan fingerprint density at radius 3 is 2.64 bits per heavy atom. The summed E-state index contributed by atoms with van der Waals surface area (Å²) >= 11 is 5.26. The molecule has 0 spiro atoms. The Kier molecular flexibility index (Phi) is 3.24. The molecule has 0 atom stereocenters. The molecule has 0 aliphatic carbocycles. The van der Waals surface area contributed by atoms with Crippen molar-refractivity contribution in [3.63, 3.8) is 0 Å². The Bertz CT molecular complexity index is 368. The molecule has 0 aliphatic rings. The van der Waals surface area contributed by atoms with Crippen LogP contribution in [0, 0.1) is 11.6 Å². The highest BCUT2D eigenvalue weighted by molar-refractivity contribution is 6.30. The number of carbonyl (C=O) groups is 1. The first-order chi connectivity index (χ1) is 6.50. The van der Waals surface area contributed by atoms with Gasteiger partial charge in [0.05, 0.1) is 5.02 Å². The monoisotopic (exact) mass is 222 g/mol. The number of hydrogen-bond acceptors (Lipinski definition) is 2. The van der Waals surface area contributed by atoms with Crippen molar-refractivity contribution in [3.05, 3.63) is 28.8 Å². The lowest BCUT2D eigenvalue weighted by atomic mass is 10.3. The summed E-state index contributed by atoms with van der Waals surface area (Å²) in [6.45, 7) is -0.738. The molecule has 0 unspecified atom stereocenters. The molecule has 14 heavy (non-hydrogen) atoms. The quantitative estimate of drug-likeness (QED) is 0.797. The van der Waals surface area contributed by atoms with Gasteiger partial charge in [0.25, 0.3) is 0 Å². The minimum Gasteiger partial charge on any atom is -0.479 e. The molecule has 0 aromatic heterocycles. The van der Waals surface area contributed by atoms with Crippen molar-refractivity contribution in [2.75, 3.05) is 6.61 Å². The van der Waals surface area contributed by atoms with Crippen LogP contribution in [0.2, 0.25) is 5.02 Å². The van der Waals surface area contributed by atoms with Crippen LogP contribution in [0.5, 0.6) is 5.75 Å². The molecule has 6 heteroatoms. The highest BCUT2D eigenvalue weighted by Crippen LogP contribution is 2.24. The Morgan fingerprint density at radius 2 is 2.07 bits per heavy atom. The maximum Gasteiger partial charge on any atom is 0.341 e. The lowest BCUT2D eigenvalue weighted by Crippen LogP contribution is -2.10. The zero-order chi connectivity index (χ0) is 10.7. The summed E-state index contributed by atoms with van der Waals surface area (Å²) in [5.74, 6) is -3.53. The van der Waals surface area contributed by atoms with Crippen LogP contribution in [0.25, 0.3) is 0 Å². The maximum atomic E-state index is 12.9. The lowest BCUT2D eigenvalue weighted by Gasteiger charge is -2.04. The molecule has 0 bridgehead atoms. The summed E-state index contributed by atoms with van der Waals surface area (Å²) in [6, 6.07) is 1.41. The molecule has 1 rings (SSSR count). The topological polar surface area (TPSA) is 46.5 Å². The van der Waals surface area contributed by atoms with Gasteiger partial charge in [-0.25, -0.2) is 13.6 Å². The standard InChI is InChI=1S/C8H5ClF2O3/c9-4-1-6(11)7(2-5(4)10)14-3-8(12)13/h1-2H,3H2,(H,12,13). The Balaban J connectivity index is 2.87. The smallest absolute Gasteiger partial charge is 0.341 e. The van der Waals surface area contributed by atoms with E-state index in [-0.39, 0.29) is 5.02 Å². The van der Waals surface area contributed by atoms with E-state index >= 15 is 0 Å².